The molecule has 0 radical (unpaired) electrons. The summed E-state index contributed by atoms with van der Waals surface area (Å²) in [5.41, 5.74) is 0. The second-order valence-corrected chi connectivity index (χ2v) is 6.04. The molecule has 2 saturated heterocycles. The van der Waals surface area contributed by atoms with E-state index in [4.69, 9.17) is 18.9 Å². The van der Waals surface area contributed by atoms with Crippen LogP contribution in [0.1, 0.15) is 27.7 Å². The number of alkyl halides is 1. The summed E-state index contributed by atoms with van der Waals surface area (Å²) >= 11 is 2.32. The smallest absolute Gasteiger partial charge is 0.163 e. The Bertz CT molecular complexity index is 267. The van der Waals surface area contributed by atoms with Gasteiger partial charge in [0.15, 0.2) is 11.6 Å². The van der Waals surface area contributed by atoms with Crippen molar-refractivity contribution in [3.05, 3.63) is 0 Å². The van der Waals surface area contributed by atoms with Crippen LogP contribution >= 0.6 is 22.6 Å². The summed E-state index contributed by atoms with van der Waals surface area (Å²) < 4.78 is 24.0. The Morgan fingerprint density at radius 1 is 1.06 bits per heavy atom. The Labute approximate surface area is 110 Å². The quantitative estimate of drug-likeness (QED) is 0.569. The molecular formula is C11H19IO4. The molecule has 0 N–H and O–H groups in total. The molecule has 16 heavy (non-hydrogen) atoms. The molecule has 5 heteroatoms. The van der Waals surface area contributed by atoms with Gasteiger partial charge in [0.1, 0.15) is 12.2 Å². The van der Waals surface area contributed by atoms with Gasteiger partial charge in [-0.25, -0.2) is 0 Å². The maximum absolute atomic E-state index is 5.90. The summed E-state index contributed by atoms with van der Waals surface area (Å²) in [4.78, 5) is 0. The van der Waals surface area contributed by atoms with Crippen LogP contribution < -0.4 is 0 Å². The van der Waals surface area contributed by atoms with Crippen molar-refractivity contribution in [3.63, 3.8) is 0 Å². The van der Waals surface area contributed by atoms with Crippen LogP contribution in [0.25, 0.3) is 0 Å². The molecule has 94 valence electrons. The Hall–Kier alpha value is 0.570. The van der Waals surface area contributed by atoms with Crippen LogP contribution in [-0.2, 0) is 18.9 Å². The Morgan fingerprint density at radius 2 is 1.75 bits per heavy atom. The normalized spacial score (nSPS) is 41.4. The van der Waals surface area contributed by atoms with Crippen molar-refractivity contribution < 1.29 is 18.9 Å². The topological polar surface area (TPSA) is 36.9 Å². The predicted octanol–water partition coefficient (Wildman–Crippen LogP) is 2.09. The highest BCUT2D eigenvalue weighted by atomic mass is 127. The van der Waals surface area contributed by atoms with E-state index in [1.54, 1.807) is 0 Å². The summed E-state index contributed by atoms with van der Waals surface area (Å²) in [6.45, 7) is 8.30. The molecule has 0 amide bonds. The third-order valence-electron chi connectivity index (χ3n) is 2.77. The van der Waals surface area contributed by atoms with Crippen molar-refractivity contribution in [2.75, 3.05) is 11.0 Å². The van der Waals surface area contributed by atoms with Gasteiger partial charge in [-0.2, -0.15) is 0 Å². The second kappa shape index (κ2) is 4.35. The Balaban J connectivity index is 2.04. The van der Waals surface area contributed by atoms with Gasteiger partial charge < -0.3 is 18.9 Å². The average Bonchev–Trinajstić information content (AvgIpc) is 2.65. The fourth-order valence-corrected chi connectivity index (χ4v) is 2.86. The minimum Gasteiger partial charge on any atom is -0.348 e. The van der Waals surface area contributed by atoms with Gasteiger partial charge in [0.25, 0.3) is 0 Å². The molecule has 0 aromatic heterocycles. The van der Waals surface area contributed by atoms with E-state index in [2.05, 4.69) is 22.6 Å². The van der Waals surface area contributed by atoms with Crippen molar-refractivity contribution in [1.29, 1.82) is 0 Å². The monoisotopic (exact) mass is 342 g/mol. The first-order valence-electron chi connectivity index (χ1n) is 5.56. The van der Waals surface area contributed by atoms with E-state index in [0.29, 0.717) is 6.61 Å². The van der Waals surface area contributed by atoms with E-state index in [9.17, 15) is 0 Å². The molecule has 2 fully saturated rings. The molecule has 2 heterocycles. The predicted molar refractivity (Wildman–Crippen MR) is 67.6 cm³/mol. The number of hydrogen-bond acceptors (Lipinski definition) is 4. The van der Waals surface area contributed by atoms with Crippen LogP contribution in [0.15, 0.2) is 0 Å². The maximum Gasteiger partial charge on any atom is 0.163 e. The largest absolute Gasteiger partial charge is 0.348 e. The van der Waals surface area contributed by atoms with E-state index in [1.165, 1.54) is 0 Å². The highest BCUT2D eigenvalue weighted by Gasteiger charge is 2.49. The third-order valence-corrected chi connectivity index (χ3v) is 3.64. The lowest BCUT2D eigenvalue weighted by Crippen LogP contribution is -2.38. The fourth-order valence-electron chi connectivity index (χ4n) is 2.17. The summed E-state index contributed by atoms with van der Waals surface area (Å²) in [5.74, 6) is -1.02. The van der Waals surface area contributed by atoms with E-state index >= 15 is 0 Å². The average molecular weight is 342 g/mol. The molecule has 0 unspecified atom stereocenters. The van der Waals surface area contributed by atoms with Crippen molar-refractivity contribution >= 4 is 22.6 Å². The first kappa shape index (κ1) is 13.0. The molecule has 4 nitrogen and oxygen atoms in total. The van der Waals surface area contributed by atoms with Crippen molar-refractivity contribution in [3.8, 4) is 0 Å². The molecule has 0 aliphatic carbocycles. The van der Waals surface area contributed by atoms with Crippen LogP contribution in [0.4, 0.5) is 0 Å². The zero-order valence-corrected chi connectivity index (χ0v) is 12.3. The van der Waals surface area contributed by atoms with Gasteiger partial charge in [-0.1, -0.05) is 22.6 Å². The molecule has 2 aliphatic heterocycles. The fraction of sp³-hybridized carbons (Fsp3) is 1.00. The van der Waals surface area contributed by atoms with Crippen LogP contribution in [0, 0.1) is 0 Å². The van der Waals surface area contributed by atoms with Crippen molar-refractivity contribution in [2.45, 2.75) is 57.6 Å². The minimum absolute atomic E-state index is 0.0310. The molecule has 0 spiro atoms. The standard InChI is InChI=1S/C11H19IO4/c1-10(2)13-6-8(15-10)9-7(5-12)14-11(3,4)16-9/h7-9H,5-6H2,1-4H3/t7-,8-,9+/m0/s1. The molecule has 2 aliphatic rings. The van der Waals surface area contributed by atoms with E-state index < -0.39 is 11.6 Å². The van der Waals surface area contributed by atoms with Gasteiger partial charge in [-0.05, 0) is 27.7 Å². The highest BCUT2D eigenvalue weighted by Crippen LogP contribution is 2.35. The van der Waals surface area contributed by atoms with Gasteiger partial charge >= 0.3 is 0 Å². The van der Waals surface area contributed by atoms with Crippen LogP contribution in [0.5, 0.6) is 0 Å². The van der Waals surface area contributed by atoms with Crippen molar-refractivity contribution in [1.82, 2.24) is 0 Å². The number of hydrogen-bond donors (Lipinski definition) is 0. The molecule has 2 rings (SSSR count). The Kier molecular flexibility index (Phi) is 3.54. The van der Waals surface area contributed by atoms with Gasteiger partial charge in [0.2, 0.25) is 0 Å². The van der Waals surface area contributed by atoms with E-state index in [-0.39, 0.29) is 18.3 Å². The lowest BCUT2D eigenvalue weighted by atomic mass is 10.1. The highest BCUT2D eigenvalue weighted by molar-refractivity contribution is 14.1. The van der Waals surface area contributed by atoms with Gasteiger partial charge in [-0.15, -0.1) is 0 Å². The summed E-state index contributed by atoms with van der Waals surface area (Å²) in [5, 5.41) is 0. The Morgan fingerprint density at radius 3 is 2.25 bits per heavy atom. The molecule has 0 aromatic rings. The zero-order chi connectivity index (χ0) is 12.0. The third kappa shape index (κ3) is 2.69. The zero-order valence-electron chi connectivity index (χ0n) is 10.2. The number of halogens is 1. The van der Waals surface area contributed by atoms with Crippen molar-refractivity contribution in [2.24, 2.45) is 0 Å². The molecular weight excluding hydrogens is 323 g/mol. The summed E-state index contributed by atoms with van der Waals surface area (Å²) in [7, 11) is 0. The van der Waals surface area contributed by atoms with Crippen LogP contribution in [0.3, 0.4) is 0 Å². The lowest BCUT2D eigenvalue weighted by molar-refractivity contribution is -0.174. The maximum atomic E-state index is 5.90. The van der Waals surface area contributed by atoms with E-state index in [0.717, 1.165) is 4.43 Å². The lowest BCUT2D eigenvalue weighted by Gasteiger charge is -2.23. The minimum atomic E-state index is -0.517. The first-order chi connectivity index (χ1) is 7.33. The van der Waals surface area contributed by atoms with E-state index in [1.807, 2.05) is 27.7 Å². The second-order valence-electron chi connectivity index (χ2n) is 5.16. The summed E-state index contributed by atoms with van der Waals surface area (Å²) in [6, 6.07) is 0. The summed E-state index contributed by atoms with van der Waals surface area (Å²) in [6.07, 6.45) is 0.0170. The molecule has 3 atom stereocenters. The SMILES string of the molecule is CC1(C)OC[C@@H]([C@@H]2OC(C)(C)O[C@H]2CI)O1. The van der Waals surface area contributed by atoms with Crippen LogP contribution in [-0.4, -0.2) is 40.9 Å². The van der Waals surface area contributed by atoms with Gasteiger partial charge in [0, 0.05) is 4.43 Å². The molecule has 0 saturated carbocycles. The van der Waals surface area contributed by atoms with Gasteiger partial charge in [-0.3, -0.25) is 0 Å². The molecule has 0 bridgehead atoms. The molecule has 0 aromatic carbocycles. The number of rotatable bonds is 2. The van der Waals surface area contributed by atoms with Crippen LogP contribution in [0.2, 0.25) is 0 Å². The first-order valence-corrected chi connectivity index (χ1v) is 7.09. The number of ether oxygens (including phenoxy) is 4. The van der Waals surface area contributed by atoms with Gasteiger partial charge in [0.05, 0.1) is 12.7 Å².